The molecule has 3 unspecified atom stereocenters. The van der Waals surface area contributed by atoms with Crippen molar-refractivity contribution < 1.29 is 4.39 Å². The number of para-hydroxylation sites is 3. The normalized spacial score (nSPS) is 18.4. The number of benzene rings is 5. The third-order valence-corrected chi connectivity index (χ3v) is 11.9. The van der Waals surface area contributed by atoms with E-state index in [1.54, 1.807) is 0 Å². The van der Waals surface area contributed by atoms with E-state index in [9.17, 15) is 0 Å². The van der Waals surface area contributed by atoms with Crippen LogP contribution in [0.1, 0.15) is 59.9 Å². The molecule has 54 heavy (non-hydrogen) atoms. The van der Waals surface area contributed by atoms with Gasteiger partial charge in [-0.05, 0) is 88.5 Å². The van der Waals surface area contributed by atoms with E-state index < -0.39 is 6.17 Å². The van der Waals surface area contributed by atoms with Crippen molar-refractivity contribution in [3.8, 4) is 11.4 Å². The Hall–Kier alpha value is -6.53. The van der Waals surface area contributed by atoms with E-state index in [2.05, 4.69) is 143 Å². The Balaban J connectivity index is 1.05. The lowest BCUT2D eigenvalue weighted by Crippen LogP contribution is -2.30. The lowest BCUT2D eigenvalue weighted by Gasteiger charge is -2.42. The summed E-state index contributed by atoms with van der Waals surface area (Å²) in [5.41, 5.74) is 12.1. The molecule has 0 radical (unpaired) electrons. The second-order valence-electron chi connectivity index (χ2n) is 15.2. The van der Waals surface area contributed by atoms with Crippen LogP contribution in [0.15, 0.2) is 170 Å². The van der Waals surface area contributed by atoms with Crippen molar-refractivity contribution in [2.45, 2.75) is 37.3 Å². The first-order valence-electron chi connectivity index (χ1n) is 18.6. The summed E-state index contributed by atoms with van der Waals surface area (Å²) < 4.78 is 21.3. The lowest BCUT2D eigenvalue weighted by molar-refractivity contribution is 0.396. The molecule has 8 aromatic rings. The van der Waals surface area contributed by atoms with Crippen LogP contribution in [0.4, 0.5) is 21.5 Å². The van der Waals surface area contributed by atoms with Crippen molar-refractivity contribution in [2.24, 2.45) is 0 Å². The molecule has 5 heterocycles. The molecule has 0 saturated heterocycles. The predicted octanol–water partition coefficient (Wildman–Crippen LogP) is 11.9. The van der Waals surface area contributed by atoms with Gasteiger partial charge in [-0.3, -0.25) is 4.57 Å². The van der Waals surface area contributed by atoms with Crippen LogP contribution in [0, 0.1) is 0 Å². The largest absolute Gasteiger partial charge is 0.310 e. The summed E-state index contributed by atoms with van der Waals surface area (Å²) in [4.78, 5) is 12.1. The van der Waals surface area contributed by atoms with Gasteiger partial charge >= 0.3 is 0 Å². The molecule has 0 spiro atoms. The predicted molar refractivity (Wildman–Crippen MR) is 216 cm³/mol. The van der Waals surface area contributed by atoms with Gasteiger partial charge in [-0.15, -0.1) is 0 Å². The zero-order chi connectivity index (χ0) is 36.1. The number of hydrogen-bond donors (Lipinski definition) is 0. The van der Waals surface area contributed by atoms with Crippen LogP contribution in [0.2, 0.25) is 0 Å². The minimum Gasteiger partial charge on any atom is -0.310 e. The number of rotatable bonds is 4. The minimum absolute atomic E-state index is 0.0482. The highest BCUT2D eigenvalue weighted by atomic mass is 19.1. The second kappa shape index (κ2) is 11.5. The zero-order valence-corrected chi connectivity index (χ0v) is 29.9. The zero-order valence-electron chi connectivity index (χ0n) is 29.9. The van der Waals surface area contributed by atoms with Gasteiger partial charge in [0.05, 0.1) is 22.6 Å². The maximum atomic E-state index is 16.9. The summed E-state index contributed by atoms with van der Waals surface area (Å²) in [5.74, 6) is 1.01. The van der Waals surface area contributed by atoms with Crippen molar-refractivity contribution in [2.75, 3.05) is 4.90 Å². The minimum atomic E-state index is -1.31. The summed E-state index contributed by atoms with van der Waals surface area (Å²) in [7, 11) is 0. The topological polar surface area (TPSA) is 38.9 Å². The number of anilines is 3. The fraction of sp³-hybridized carbons (Fsp3) is 0.125. The third kappa shape index (κ3) is 4.37. The molecule has 3 atom stereocenters. The van der Waals surface area contributed by atoms with E-state index in [-0.39, 0.29) is 17.3 Å². The van der Waals surface area contributed by atoms with Gasteiger partial charge in [0.2, 0.25) is 0 Å². The van der Waals surface area contributed by atoms with E-state index >= 15 is 4.39 Å². The number of nitrogens with zero attached hydrogens (tertiary/aromatic N) is 5. The van der Waals surface area contributed by atoms with Crippen LogP contribution in [0.25, 0.3) is 33.3 Å². The summed E-state index contributed by atoms with van der Waals surface area (Å²) in [5, 5.41) is 2.16. The van der Waals surface area contributed by atoms with Crippen molar-refractivity contribution in [1.29, 1.82) is 0 Å². The van der Waals surface area contributed by atoms with E-state index in [0.717, 1.165) is 50.5 Å². The van der Waals surface area contributed by atoms with Crippen LogP contribution in [-0.4, -0.2) is 19.1 Å². The lowest BCUT2D eigenvalue weighted by atomic mass is 9.73. The molecule has 5 aromatic carbocycles. The number of allylic oxidation sites excluding steroid dienone is 4. The molecule has 0 amide bonds. The Bertz CT molecular complexity index is 2860. The van der Waals surface area contributed by atoms with E-state index in [1.807, 2.05) is 48.9 Å². The van der Waals surface area contributed by atoms with Crippen molar-refractivity contribution >= 4 is 39.0 Å². The molecule has 260 valence electrons. The molecule has 0 saturated carbocycles. The average molecular weight is 702 g/mol. The highest BCUT2D eigenvalue weighted by Crippen LogP contribution is 2.54. The Kier molecular flexibility index (Phi) is 6.60. The maximum absolute atomic E-state index is 16.9. The molecule has 3 aliphatic rings. The molecular formula is C48H36FN5. The Morgan fingerprint density at radius 2 is 1.46 bits per heavy atom. The van der Waals surface area contributed by atoms with Crippen LogP contribution in [-0.2, 0) is 5.41 Å². The summed E-state index contributed by atoms with van der Waals surface area (Å²) in [6.07, 6.45) is 10.6. The number of pyridine rings is 1. The standard InChI is InChI=1S/C48H36FN5/c1-48(2)39-18-7-9-20-42(39)53(32-13-4-3-5-14-32)44-28-37-36-17-11-23-50-47(36)54(43(37)29-40(44)48)33-15-10-12-30(26-33)45(49)31-21-22-34-35-16-6-8-19-41(35)52-25-24-51-46(52)38(34)27-31/h3-29,34,38,45H,1-2H3. The fourth-order valence-electron chi connectivity index (χ4n) is 9.32. The van der Waals surface area contributed by atoms with Gasteiger partial charge in [0.1, 0.15) is 11.5 Å². The number of fused-ring (bicyclic) bond motifs is 11. The summed E-state index contributed by atoms with van der Waals surface area (Å²) in [6.45, 7) is 4.62. The van der Waals surface area contributed by atoms with Crippen molar-refractivity contribution in [3.05, 3.63) is 198 Å². The van der Waals surface area contributed by atoms with Gasteiger partial charge in [-0.25, -0.2) is 14.4 Å². The smallest absolute Gasteiger partial charge is 0.150 e. The van der Waals surface area contributed by atoms with Gasteiger partial charge in [-0.1, -0.05) is 98.8 Å². The third-order valence-electron chi connectivity index (χ3n) is 11.9. The fourth-order valence-corrected chi connectivity index (χ4v) is 9.32. The maximum Gasteiger partial charge on any atom is 0.150 e. The molecule has 5 nitrogen and oxygen atoms in total. The molecule has 2 aliphatic heterocycles. The SMILES string of the molecule is CC1(C)c2ccccc2N(c2ccccc2)c2cc3c4cccnc4n(-c4cccc(C(F)C5=CC6c7nccn7-c7ccccc7C6C=C5)c4)c3cc21. The number of imidazole rings is 1. The highest BCUT2D eigenvalue weighted by molar-refractivity contribution is 6.10. The van der Waals surface area contributed by atoms with Gasteiger partial charge in [-0.2, -0.15) is 0 Å². The number of halogens is 1. The van der Waals surface area contributed by atoms with Crippen LogP contribution in [0.5, 0.6) is 0 Å². The first-order valence-corrected chi connectivity index (χ1v) is 18.6. The van der Waals surface area contributed by atoms with Gasteiger partial charge in [0, 0.05) is 58.0 Å². The van der Waals surface area contributed by atoms with Crippen molar-refractivity contribution in [1.82, 2.24) is 19.1 Å². The summed E-state index contributed by atoms with van der Waals surface area (Å²) >= 11 is 0. The van der Waals surface area contributed by atoms with E-state index in [4.69, 9.17) is 9.97 Å². The molecule has 1 aliphatic carbocycles. The van der Waals surface area contributed by atoms with Crippen LogP contribution in [0.3, 0.4) is 0 Å². The van der Waals surface area contributed by atoms with E-state index in [1.165, 1.54) is 22.4 Å². The number of aromatic nitrogens is 4. The molecule has 11 rings (SSSR count). The molecule has 6 heteroatoms. The molecule has 3 aromatic heterocycles. The van der Waals surface area contributed by atoms with Gasteiger partial charge in [0.15, 0.2) is 6.17 Å². The second-order valence-corrected chi connectivity index (χ2v) is 15.2. The number of alkyl halides is 1. The Labute approximate surface area is 313 Å². The van der Waals surface area contributed by atoms with E-state index in [0.29, 0.717) is 11.1 Å². The molecular weight excluding hydrogens is 666 g/mol. The first kappa shape index (κ1) is 31.0. The quantitative estimate of drug-likeness (QED) is 0.183. The average Bonchev–Trinajstić information content (AvgIpc) is 3.84. The Morgan fingerprint density at radius 3 is 2.35 bits per heavy atom. The molecule has 0 bridgehead atoms. The number of hydrogen-bond acceptors (Lipinski definition) is 3. The van der Waals surface area contributed by atoms with Gasteiger partial charge < -0.3 is 9.47 Å². The highest BCUT2D eigenvalue weighted by Gasteiger charge is 2.38. The molecule has 0 N–H and O–H groups in total. The molecule has 0 fully saturated rings. The van der Waals surface area contributed by atoms with Gasteiger partial charge in [0.25, 0.3) is 0 Å². The van der Waals surface area contributed by atoms with Crippen molar-refractivity contribution in [3.63, 3.8) is 0 Å². The van der Waals surface area contributed by atoms with Crippen LogP contribution >= 0.6 is 0 Å². The monoisotopic (exact) mass is 701 g/mol. The van der Waals surface area contributed by atoms with Crippen LogP contribution < -0.4 is 4.90 Å². The Morgan fingerprint density at radius 1 is 0.667 bits per heavy atom. The first-order chi connectivity index (χ1) is 26.5. The summed E-state index contributed by atoms with van der Waals surface area (Å²) in [6, 6.07) is 44.5.